The zero-order chi connectivity index (χ0) is 13.5. The number of piperidine rings is 1. The quantitative estimate of drug-likeness (QED) is 0.831. The van der Waals surface area contributed by atoms with Crippen molar-refractivity contribution in [2.45, 2.75) is 32.4 Å². The van der Waals surface area contributed by atoms with Crippen molar-refractivity contribution in [3.05, 3.63) is 16.1 Å². The van der Waals surface area contributed by atoms with Crippen LogP contribution in [0, 0.1) is 5.92 Å². The van der Waals surface area contributed by atoms with E-state index >= 15 is 0 Å². The van der Waals surface area contributed by atoms with Crippen molar-refractivity contribution < 1.29 is 4.74 Å². The van der Waals surface area contributed by atoms with Gasteiger partial charge in [-0.05, 0) is 51.9 Å². The molecule has 19 heavy (non-hydrogen) atoms. The predicted molar refractivity (Wildman–Crippen MR) is 79.4 cm³/mol. The Labute approximate surface area is 120 Å². The third-order valence-corrected chi connectivity index (χ3v) is 4.63. The molecule has 108 valence electrons. The van der Waals surface area contributed by atoms with Gasteiger partial charge >= 0.3 is 0 Å². The van der Waals surface area contributed by atoms with Crippen LogP contribution in [0.3, 0.4) is 0 Å². The summed E-state index contributed by atoms with van der Waals surface area (Å²) in [5.41, 5.74) is 1.20. The summed E-state index contributed by atoms with van der Waals surface area (Å²) in [7, 11) is 3.76. The fourth-order valence-electron chi connectivity index (χ4n) is 2.62. The Kier molecular flexibility index (Phi) is 6.23. The molecule has 1 saturated heterocycles. The summed E-state index contributed by atoms with van der Waals surface area (Å²) in [6.45, 7) is 5.21. The standard InChI is InChI=1S/C14H25N3OS/c1-15-6-3-12-4-7-17(8-5-12)9-13-11-19-14(16-13)10-18-2/h11-12,15H,3-10H2,1-2H3. The Morgan fingerprint density at radius 1 is 1.47 bits per heavy atom. The molecule has 2 heterocycles. The molecule has 0 spiro atoms. The number of nitrogens with one attached hydrogen (secondary N) is 1. The first-order valence-corrected chi connectivity index (χ1v) is 7.99. The zero-order valence-electron chi connectivity index (χ0n) is 12.0. The molecule has 1 aliphatic rings. The minimum absolute atomic E-state index is 0.636. The maximum absolute atomic E-state index is 5.11. The first-order valence-electron chi connectivity index (χ1n) is 7.11. The van der Waals surface area contributed by atoms with Crippen molar-refractivity contribution in [2.75, 3.05) is 33.8 Å². The van der Waals surface area contributed by atoms with Crippen LogP contribution in [0.1, 0.15) is 30.0 Å². The summed E-state index contributed by atoms with van der Waals surface area (Å²) in [6, 6.07) is 0. The minimum atomic E-state index is 0.636. The maximum Gasteiger partial charge on any atom is 0.119 e. The molecule has 1 N–H and O–H groups in total. The lowest BCUT2D eigenvalue weighted by atomic mass is 9.93. The number of ether oxygens (including phenoxy) is 1. The molecule has 0 amide bonds. The number of thiazole rings is 1. The van der Waals surface area contributed by atoms with Gasteiger partial charge in [-0.3, -0.25) is 4.90 Å². The lowest BCUT2D eigenvalue weighted by Crippen LogP contribution is -2.34. The molecule has 0 aromatic carbocycles. The van der Waals surface area contributed by atoms with Gasteiger partial charge < -0.3 is 10.1 Å². The second-order valence-corrected chi connectivity index (χ2v) is 6.22. The van der Waals surface area contributed by atoms with Gasteiger partial charge in [-0.25, -0.2) is 4.98 Å². The van der Waals surface area contributed by atoms with Crippen LogP contribution in [-0.4, -0.2) is 43.7 Å². The fourth-order valence-corrected chi connectivity index (χ4v) is 3.38. The Balaban J connectivity index is 1.72. The van der Waals surface area contributed by atoms with Crippen molar-refractivity contribution in [1.29, 1.82) is 0 Å². The highest BCUT2D eigenvalue weighted by Crippen LogP contribution is 2.22. The van der Waals surface area contributed by atoms with Crippen LogP contribution in [-0.2, 0) is 17.9 Å². The van der Waals surface area contributed by atoms with Crippen LogP contribution >= 0.6 is 11.3 Å². The average Bonchev–Trinajstić information content (AvgIpc) is 2.86. The van der Waals surface area contributed by atoms with E-state index < -0.39 is 0 Å². The number of hydrogen-bond acceptors (Lipinski definition) is 5. The van der Waals surface area contributed by atoms with Crippen molar-refractivity contribution in [1.82, 2.24) is 15.2 Å². The second kappa shape index (κ2) is 7.94. The van der Waals surface area contributed by atoms with Crippen LogP contribution in [0.2, 0.25) is 0 Å². The van der Waals surface area contributed by atoms with E-state index in [4.69, 9.17) is 4.74 Å². The molecular formula is C14H25N3OS. The van der Waals surface area contributed by atoms with Gasteiger partial charge in [0.25, 0.3) is 0 Å². The molecule has 5 heteroatoms. The Bertz CT molecular complexity index is 361. The highest BCUT2D eigenvalue weighted by atomic mass is 32.1. The number of rotatable bonds is 7. The largest absolute Gasteiger partial charge is 0.378 e. The Morgan fingerprint density at radius 2 is 2.26 bits per heavy atom. The number of aromatic nitrogens is 1. The monoisotopic (exact) mass is 283 g/mol. The van der Waals surface area contributed by atoms with Gasteiger partial charge in [0.05, 0.1) is 12.3 Å². The molecule has 0 radical (unpaired) electrons. The summed E-state index contributed by atoms with van der Waals surface area (Å²) < 4.78 is 5.11. The first kappa shape index (κ1) is 14.9. The lowest BCUT2D eigenvalue weighted by molar-refractivity contribution is 0.169. The number of nitrogens with zero attached hydrogens (tertiary/aromatic N) is 2. The van der Waals surface area contributed by atoms with Crippen LogP contribution in [0.4, 0.5) is 0 Å². The van der Waals surface area contributed by atoms with E-state index in [1.54, 1.807) is 18.4 Å². The van der Waals surface area contributed by atoms with E-state index in [-0.39, 0.29) is 0 Å². The normalized spacial score (nSPS) is 18.0. The van der Waals surface area contributed by atoms with Gasteiger partial charge in [0.15, 0.2) is 0 Å². The third-order valence-electron chi connectivity index (χ3n) is 3.76. The van der Waals surface area contributed by atoms with E-state index in [2.05, 4.69) is 20.6 Å². The van der Waals surface area contributed by atoms with Gasteiger partial charge in [-0.15, -0.1) is 11.3 Å². The van der Waals surface area contributed by atoms with Crippen LogP contribution in [0.5, 0.6) is 0 Å². The molecule has 0 bridgehead atoms. The van der Waals surface area contributed by atoms with Crippen molar-refractivity contribution in [3.8, 4) is 0 Å². The first-order chi connectivity index (χ1) is 9.31. The van der Waals surface area contributed by atoms with Crippen molar-refractivity contribution >= 4 is 11.3 Å². The SMILES string of the molecule is CNCCC1CCN(Cc2csc(COC)n2)CC1. The second-order valence-electron chi connectivity index (χ2n) is 5.28. The highest BCUT2D eigenvalue weighted by Gasteiger charge is 2.19. The molecule has 0 unspecified atom stereocenters. The average molecular weight is 283 g/mol. The van der Waals surface area contributed by atoms with E-state index in [1.807, 2.05) is 7.05 Å². The minimum Gasteiger partial charge on any atom is -0.378 e. The van der Waals surface area contributed by atoms with E-state index in [9.17, 15) is 0 Å². The molecule has 0 aliphatic carbocycles. The van der Waals surface area contributed by atoms with Crippen LogP contribution < -0.4 is 5.32 Å². The van der Waals surface area contributed by atoms with Crippen molar-refractivity contribution in [2.24, 2.45) is 5.92 Å². The molecule has 1 fully saturated rings. The topological polar surface area (TPSA) is 37.4 Å². The van der Waals surface area contributed by atoms with E-state index in [0.717, 1.165) is 24.0 Å². The van der Waals surface area contributed by atoms with E-state index in [0.29, 0.717) is 6.61 Å². The summed E-state index contributed by atoms with van der Waals surface area (Å²) in [4.78, 5) is 7.13. The summed E-state index contributed by atoms with van der Waals surface area (Å²) >= 11 is 1.70. The summed E-state index contributed by atoms with van der Waals surface area (Å²) in [5, 5.41) is 6.50. The maximum atomic E-state index is 5.11. The van der Waals surface area contributed by atoms with Gasteiger partial charge in [0.2, 0.25) is 0 Å². The number of methoxy groups -OCH3 is 1. The highest BCUT2D eigenvalue weighted by molar-refractivity contribution is 7.09. The smallest absolute Gasteiger partial charge is 0.119 e. The molecule has 0 atom stereocenters. The van der Waals surface area contributed by atoms with Crippen LogP contribution in [0.25, 0.3) is 0 Å². The molecule has 1 aromatic heterocycles. The number of likely N-dealkylation sites (tertiary alicyclic amines) is 1. The Morgan fingerprint density at radius 3 is 2.95 bits per heavy atom. The van der Waals surface area contributed by atoms with Gasteiger partial charge in [0, 0.05) is 19.0 Å². The predicted octanol–water partition coefficient (Wildman–Crippen LogP) is 2.11. The molecule has 2 rings (SSSR count). The van der Waals surface area contributed by atoms with Crippen LogP contribution in [0.15, 0.2) is 5.38 Å². The van der Waals surface area contributed by atoms with Gasteiger partial charge in [-0.1, -0.05) is 0 Å². The molecule has 1 aliphatic heterocycles. The third kappa shape index (κ3) is 4.84. The van der Waals surface area contributed by atoms with Gasteiger partial charge in [0.1, 0.15) is 5.01 Å². The molecule has 4 nitrogen and oxygen atoms in total. The summed E-state index contributed by atoms with van der Waals surface area (Å²) in [5.74, 6) is 0.906. The van der Waals surface area contributed by atoms with Crippen molar-refractivity contribution in [3.63, 3.8) is 0 Å². The summed E-state index contributed by atoms with van der Waals surface area (Å²) in [6.07, 6.45) is 3.98. The molecular weight excluding hydrogens is 258 g/mol. The number of hydrogen-bond donors (Lipinski definition) is 1. The zero-order valence-corrected chi connectivity index (χ0v) is 12.8. The van der Waals surface area contributed by atoms with Gasteiger partial charge in [-0.2, -0.15) is 0 Å². The van der Waals surface area contributed by atoms with E-state index in [1.165, 1.54) is 38.0 Å². The molecule has 0 saturated carbocycles. The Hall–Kier alpha value is -0.490. The fraction of sp³-hybridized carbons (Fsp3) is 0.786. The molecule has 1 aromatic rings. The lowest BCUT2D eigenvalue weighted by Gasteiger charge is -2.31.